The van der Waals surface area contributed by atoms with Gasteiger partial charge in [-0.1, -0.05) is 6.07 Å². The molecule has 3 aromatic heterocycles. The highest BCUT2D eigenvalue weighted by atomic mass is 16.5. The zero-order valence-corrected chi connectivity index (χ0v) is 20.1. The summed E-state index contributed by atoms with van der Waals surface area (Å²) in [6.45, 7) is 11.1. The van der Waals surface area contributed by atoms with Gasteiger partial charge in [0.1, 0.15) is 23.2 Å². The van der Waals surface area contributed by atoms with Crippen LogP contribution in [-0.2, 0) is 23.2 Å². The fourth-order valence-corrected chi connectivity index (χ4v) is 5.36. The van der Waals surface area contributed by atoms with Crippen molar-refractivity contribution in [3.8, 4) is 11.5 Å². The van der Waals surface area contributed by atoms with Gasteiger partial charge in [0.2, 0.25) is 0 Å². The molecule has 3 aromatic rings. The summed E-state index contributed by atoms with van der Waals surface area (Å²) in [5, 5.41) is 8.82. The summed E-state index contributed by atoms with van der Waals surface area (Å²) < 4.78 is 7.75. The summed E-state index contributed by atoms with van der Waals surface area (Å²) in [5.74, 6) is 3.16. The smallest absolute Gasteiger partial charge is 0.260 e. The predicted octanol–water partition coefficient (Wildman–Crippen LogP) is 3.11. The van der Waals surface area contributed by atoms with E-state index in [0.29, 0.717) is 31.1 Å². The van der Waals surface area contributed by atoms with Crippen LogP contribution in [0.3, 0.4) is 0 Å². The minimum atomic E-state index is -0.0542. The van der Waals surface area contributed by atoms with Crippen LogP contribution in [0.4, 0.5) is 11.6 Å². The summed E-state index contributed by atoms with van der Waals surface area (Å²) >= 11 is 0. The van der Waals surface area contributed by atoms with Crippen molar-refractivity contribution in [3.05, 3.63) is 46.9 Å². The van der Waals surface area contributed by atoms with Crippen LogP contribution >= 0.6 is 0 Å². The molecule has 3 aliphatic rings. The number of aromatic nitrogens is 5. The van der Waals surface area contributed by atoms with Gasteiger partial charge < -0.3 is 14.2 Å². The van der Waals surface area contributed by atoms with E-state index in [-0.39, 0.29) is 17.5 Å². The van der Waals surface area contributed by atoms with Gasteiger partial charge in [-0.15, -0.1) is 10.2 Å². The fraction of sp³-hybridized carbons (Fsp3) is 0.480. The van der Waals surface area contributed by atoms with Gasteiger partial charge >= 0.3 is 0 Å². The minimum absolute atomic E-state index is 0.0425. The number of nitrogens with zero attached hydrogens (tertiary/aromatic N) is 7. The lowest BCUT2D eigenvalue weighted by atomic mass is 10.0. The van der Waals surface area contributed by atoms with Crippen LogP contribution in [0.1, 0.15) is 54.6 Å². The Bertz CT molecular complexity index is 1300. The van der Waals surface area contributed by atoms with Gasteiger partial charge in [-0.25, -0.2) is 9.97 Å². The molecule has 0 spiro atoms. The second-order valence-electron chi connectivity index (χ2n) is 10.1. The molecular weight excluding hydrogens is 430 g/mol. The molecule has 0 unspecified atom stereocenters. The molecule has 0 aliphatic carbocycles. The third kappa shape index (κ3) is 3.21. The molecule has 0 N–H and O–H groups in total. The zero-order valence-electron chi connectivity index (χ0n) is 20.1. The van der Waals surface area contributed by atoms with E-state index < -0.39 is 0 Å². The molecule has 1 amide bonds. The number of hydrogen-bond acceptors (Lipinski definition) is 7. The number of pyridine rings is 2. The average molecular weight is 460 g/mol. The van der Waals surface area contributed by atoms with E-state index in [1.807, 2.05) is 31.2 Å². The van der Waals surface area contributed by atoms with E-state index in [2.05, 4.69) is 40.4 Å². The normalized spacial score (nSPS) is 21.2. The van der Waals surface area contributed by atoms with Crippen LogP contribution < -0.4 is 9.80 Å². The topological polar surface area (TPSA) is 89.3 Å². The molecule has 0 saturated carbocycles. The van der Waals surface area contributed by atoms with E-state index in [0.717, 1.165) is 53.8 Å². The second-order valence-corrected chi connectivity index (χ2v) is 10.1. The number of anilines is 2. The number of carbonyl (C=O) groups excluding carboxylic acids is 1. The summed E-state index contributed by atoms with van der Waals surface area (Å²) in [6, 6.07) is 7.91. The molecule has 1 fully saturated rings. The predicted molar refractivity (Wildman–Crippen MR) is 128 cm³/mol. The maximum absolute atomic E-state index is 13.5. The Morgan fingerprint density at radius 3 is 2.82 bits per heavy atom. The van der Waals surface area contributed by atoms with Crippen LogP contribution in [-0.4, -0.2) is 56.4 Å². The average Bonchev–Trinajstić information content (AvgIpc) is 3.49. The number of fused-ring (bicyclic) bond motifs is 2. The molecule has 6 rings (SSSR count). The van der Waals surface area contributed by atoms with Gasteiger partial charge in [-0.3, -0.25) is 9.69 Å². The van der Waals surface area contributed by atoms with E-state index in [9.17, 15) is 4.79 Å². The minimum Gasteiger partial charge on any atom is -0.377 e. The number of ether oxygens (including phenoxy) is 1. The lowest BCUT2D eigenvalue weighted by molar-refractivity contribution is 0.0983. The first kappa shape index (κ1) is 21.2. The fourth-order valence-electron chi connectivity index (χ4n) is 5.36. The molecule has 3 aliphatic heterocycles. The van der Waals surface area contributed by atoms with Crippen molar-refractivity contribution < 1.29 is 9.53 Å². The van der Waals surface area contributed by atoms with Crippen molar-refractivity contribution in [2.75, 3.05) is 29.6 Å². The van der Waals surface area contributed by atoms with Crippen molar-refractivity contribution in [1.29, 1.82) is 0 Å². The summed E-state index contributed by atoms with van der Waals surface area (Å²) in [7, 11) is 0. The lowest BCUT2D eigenvalue weighted by Crippen LogP contribution is -2.44. The molecular formula is C25H29N7O2. The van der Waals surface area contributed by atoms with Crippen molar-refractivity contribution >= 4 is 17.5 Å². The number of amides is 1. The van der Waals surface area contributed by atoms with Crippen molar-refractivity contribution in [2.45, 2.75) is 58.7 Å². The third-order valence-corrected chi connectivity index (χ3v) is 7.31. The van der Waals surface area contributed by atoms with Gasteiger partial charge in [0, 0.05) is 29.8 Å². The van der Waals surface area contributed by atoms with E-state index in [1.54, 1.807) is 4.90 Å². The van der Waals surface area contributed by atoms with Crippen LogP contribution in [0.5, 0.6) is 0 Å². The Morgan fingerprint density at radius 2 is 2.00 bits per heavy atom. The SMILES string of the molecule is Cc1nc(N2CCOC[C@H]2C)cc2c1CN(c1cccc(-c3nnc4n3C(C)(C)CC4)n1)C2=O. The van der Waals surface area contributed by atoms with Crippen LogP contribution in [0.2, 0.25) is 0 Å². The van der Waals surface area contributed by atoms with Gasteiger partial charge in [-0.2, -0.15) is 0 Å². The molecule has 0 aromatic carbocycles. The summed E-state index contributed by atoms with van der Waals surface area (Å²) in [5.41, 5.74) is 3.23. The molecule has 0 bridgehead atoms. The van der Waals surface area contributed by atoms with Gasteiger partial charge in [0.15, 0.2) is 5.82 Å². The Kier molecular flexibility index (Phi) is 4.74. The van der Waals surface area contributed by atoms with Crippen molar-refractivity contribution in [1.82, 2.24) is 24.7 Å². The lowest BCUT2D eigenvalue weighted by Gasteiger charge is -2.34. The summed E-state index contributed by atoms with van der Waals surface area (Å²) in [4.78, 5) is 27.2. The summed E-state index contributed by atoms with van der Waals surface area (Å²) in [6.07, 6.45) is 1.94. The second kappa shape index (κ2) is 7.59. The first-order valence-corrected chi connectivity index (χ1v) is 11.9. The highest BCUT2D eigenvalue weighted by Gasteiger charge is 2.36. The van der Waals surface area contributed by atoms with Crippen LogP contribution in [0.15, 0.2) is 24.3 Å². The number of aryl methyl sites for hydroxylation is 2. The first-order chi connectivity index (χ1) is 16.3. The van der Waals surface area contributed by atoms with E-state index in [1.165, 1.54) is 0 Å². The number of hydrogen-bond donors (Lipinski definition) is 0. The van der Waals surface area contributed by atoms with Crippen molar-refractivity contribution in [2.24, 2.45) is 0 Å². The Balaban J connectivity index is 1.34. The molecule has 1 saturated heterocycles. The highest BCUT2D eigenvalue weighted by Crippen LogP contribution is 2.36. The zero-order chi connectivity index (χ0) is 23.6. The van der Waals surface area contributed by atoms with Gasteiger partial charge in [-0.05, 0) is 52.3 Å². The van der Waals surface area contributed by atoms with E-state index in [4.69, 9.17) is 14.7 Å². The Morgan fingerprint density at radius 1 is 1.15 bits per heavy atom. The molecule has 9 heteroatoms. The van der Waals surface area contributed by atoms with E-state index >= 15 is 0 Å². The first-order valence-electron chi connectivity index (χ1n) is 11.9. The monoisotopic (exact) mass is 459 g/mol. The molecule has 9 nitrogen and oxygen atoms in total. The standard InChI is InChI=1S/C25H29N7O2/c1-15-14-34-11-10-30(15)22-12-17-18(16(2)26-22)13-31(24(17)33)20-7-5-6-19(27-20)23-29-28-21-8-9-25(3,4)32(21)23/h5-7,12,15H,8-11,13-14H2,1-4H3/t15-/m1/s1. The largest absolute Gasteiger partial charge is 0.377 e. The molecule has 34 heavy (non-hydrogen) atoms. The number of rotatable bonds is 3. The number of carbonyl (C=O) groups is 1. The van der Waals surface area contributed by atoms with Crippen molar-refractivity contribution in [3.63, 3.8) is 0 Å². The molecule has 1 atom stereocenters. The third-order valence-electron chi connectivity index (χ3n) is 7.31. The molecule has 0 radical (unpaired) electrons. The molecule has 176 valence electrons. The Labute approximate surface area is 198 Å². The highest BCUT2D eigenvalue weighted by molar-refractivity contribution is 6.10. The van der Waals surface area contributed by atoms with Gasteiger partial charge in [0.25, 0.3) is 5.91 Å². The Hall–Kier alpha value is -3.33. The maximum atomic E-state index is 13.5. The molecule has 6 heterocycles. The van der Waals surface area contributed by atoms with Gasteiger partial charge in [0.05, 0.1) is 31.4 Å². The number of morpholine rings is 1. The van der Waals surface area contributed by atoms with Crippen LogP contribution in [0.25, 0.3) is 11.5 Å². The quantitative estimate of drug-likeness (QED) is 0.595. The van der Waals surface area contributed by atoms with Crippen LogP contribution in [0, 0.1) is 6.92 Å². The maximum Gasteiger partial charge on any atom is 0.260 e.